The van der Waals surface area contributed by atoms with E-state index in [1.165, 1.54) is 40.6 Å². The minimum absolute atomic E-state index is 0.120. The van der Waals surface area contributed by atoms with E-state index in [2.05, 4.69) is 17.3 Å². The average Bonchev–Trinajstić information content (AvgIpc) is 3.34. The smallest absolute Gasteiger partial charge is 0.273 e. The molecule has 1 aliphatic rings. The molecule has 1 unspecified atom stereocenters. The normalized spacial score (nSPS) is 15.7. The van der Waals surface area contributed by atoms with Gasteiger partial charge in [0.1, 0.15) is 11.5 Å². The predicted molar refractivity (Wildman–Crippen MR) is 155 cm³/mol. The van der Waals surface area contributed by atoms with Crippen LogP contribution in [-0.2, 0) is 9.59 Å². The summed E-state index contributed by atoms with van der Waals surface area (Å²) < 4.78 is 1.17. The van der Waals surface area contributed by atoms with E-state index in [0.717, 1.165) is 19.3 Å². The van der Waals surface area contributed by atoms with Gasteiger partial charge in [0.25, 0.3) is 5.56 Å². The third-order valence-electron chi connectivity index (χ3n) is 6.18. The van der Waals surface area contributed by atoms with Crippen LogP contribution in [0.3, 0.4) is 0 Å². The van der Waals surface area contributed by atoms with Crippen molar-refractivity contribution in [3.63, 3.8) is 0 Å². The summed E-state index contributed by atoms with van der Waals surface area (Å²) in [7, 11) is 0. The molecule has 0 saturated carbocycles. The third-order valence-corrected chi connectivity index (χ3v) is 7.30. The van der Waals surface area contributed by atoms with E-state index in [-0.39, 0.29) is 34.0 Å². The van der Waals surface area contributed by atoms with Crippen molar-refractivity contribution in [2.75, 3.05) is 10.2 Å². The molecule has 1 saturated heterocycles. The molecule has 3 aromatic rings. The fraction of sp³-hybridized carbons (Fsp3) is 0.296. The number of carbonyl (C=O) groups excluding carboxylic acids is 2. The molecular weight excluding hydrogens is 570 g/mol. The number of anilines is 3. The van der Waals surface area contributed by atoms with Gasteiger partial charge < -0.3 is 5.32 Å². The zero-order valence-corrected chi connectivity index (χ0v) is 23.6. The zero-order chi connectivity index (χ0) is 27.4. The lowest BCUT2D eigenvalue weighted by Crippen LogP contribution is -2.30. The monoisotopic (exact) mass is 594 g/mol. The molecule has 11 heteroatoms. The standard InChI is InChI=1S/C27H26Cl4N4O3/c1-2-3-4-5-6-7-8-16-11-24(36)34(27(16)38)18-9-10-19(29)22(14-18)32-23-15-25(37)35(33-23)26-20(30)12-17(28)13-21(26)31/h7-10,12-16,32-33H,2-6,11H2,1H3. The number of aromatic amines is 1. The summed E-state index contributed by atoms with van der Waals surface area (Å²) in [6.07, 6.45) is 9.40. The minimum atomic E-state index is -0.486. The molecule has 0 radical (unpaired) electrons. The van der Waals surface area contributed by atoms with Crippen molar-refractivity contribution < 1.29 is 9.59 Å². The first-order valence-corrected chi connectivity index (χ1v) is 13.8. The summed E-state index contributed by atoms with van der Waals surface area (Å²) in [6, 6.07) is 9.04. The molecule has 0 bridgehead atoms. The lowest BCUT2D eigenvalue weighted by atomic mass is 10.1. The summed E-state index contributed by atoms with van der Waals surface area (Å²) in [5, 5.41) is 6.97. The fourth-order valence-corrected chi connectivity index (χ4v) is 5.44. The van der Waals surface area contributed by atoms with E-state index in [9.17, 15) is 14.4 Å². The topological polar surface area (TPSA) is 87.2 Å². The number of carbonyl (C=O) groups is 2. The van der Waals surface area contributed by atoms with Gasteiger partial charge in [-0.1, -0.05) is 84.7 Å². The Morgan fingerprint density at radius 2 is 1.71 bits per heavy atom. The van der Waals surface area contributed by atoms with Crippen molar-refractivity contribution in [1.29, 1.82) is 0 Å². The molecule has 38 heavy (non-hydrogen) atoms. The van der Waals surface area contributed by atoms with Crippen LogP contribution in [0.2, 0.25) is 20.1 Å². The maximum atomic E-state index is 13.0. The highest BCUT2D eigenvalue weighted by atomic mass is 35.5. The van der Waals surface area contributed by atoms with E-state index >= 15 is 0 Å². The minimum Gasteiger partial charge on any atom is -0.339 e. The highest BCUT2D eigenvalue weighted by Gasteiger charge is 2.38. The van der Waals surface area contributed by atoms with Gasteiger partial charge in [0, 0.05) is 17.5 Å². The third kappa shape index (κ3) is 6.29. The van der Waals surface area contributed by atoms with Crippen molar-refractivity contribution in [2.24, 2.45) is 5.92 Å². The van der Waals surface area contributed by atoms with E-state index < -0.39 is 11.5 Å². The number of nitrogens with zero attached hydrogens (tertiary/aromatic N) is 2. The van der Waals surface area contributed by atoms with Gasteiger partial charge in [-0.05, 0) is 43.2 Å². The van der Waals surface area contributed by atoms with Crippen LogP contribution in [-0.4, -0.2) is 21.6 Å². The Bertz CT molecular complexity index is 1420. The summed E-state index contributed by atoms with van der Waals surface area (Å²) in [5.74, 6) is -0.755. The van der Waals surface area contributed by atoms with Gasteiger partial charge in [-0.25, -0.2) is 9.58 Å². The Hall–Kier alpha value is -2.71. The van der Waals surface area contributed by atoms with E-state index in [1.807, 2.05) is 12.2 Å². The van der Waals surface area contributed by atoms with Crippen molar-refractivity contribution in [1.82, 2.24) is 9.78 Å². The van der Waals surface area contributed by atoms with Crippen molar-refractivity contribution in [3.05, 3.63) is 79.0 Å². The Morgan fingerprint density at radius 3 is 2.42 bits per heavy atom. The van der Waals surface area contributed by atoms with Crippen LogP contribution in [0, 0.1) is 5.92 Å². The maximum Gasteiger partial charge on any atom is 0.273 e. The Balaban J connectivity index is 1.53. The highest BCUT2D eigenvalue weighted by Crippen LogP contribution is 2.35. The summed E-state index contributed by atoms with van der Waals surface area (Å²) in [4.78, 5) is 39.6. The molecule has 2 amide bonds. The predicted octanol–water partition coefficient (Wildman–Crippen LogP) is 7.93. The molecule has 1 atom stereocenters. The van der Waals surface area contributed by atoms with Gasteiger partial charge >= 0.3 is 0 Å². The Labute approximate surface area is 240 Å². The van der Waals surface area contributed by atoms with Crippen LogP contribution in [0.15, 0.2) is 53.3 Å². The van der Waals surface area contributed by atoms with Gasteiger partial charge in [0.05, 0.1) is 32.4 Å². The van der Waals surface area contributed by atoms with Gasteiger partial charge in [0.2, 0.25) is 11.8 Å². The molecule has 1 aromatic heterocycles. The van der Waals surface area contributed by atoms with Gasteiger partial charge in [-0.2, -0.15) is 0 Å². The number of benzene rings is 2. The SMILES string of the molecule is CCCCCCC=CC1CC(=O)N(c2ccc(Cl)c(Nc3cc(=O)n(-c4c(Cl)cc(Cl)cc4Cl)[nH]3)c2)C1=O. The second-order valence-electron chi connectivity index (χ2n) is 9.01. The van der Waals surface area contributed by atoms with Crippen LogP contribution in [0.25, 0.3) is 5.69 Å². The molecule has 1 fully saturated rings. The van der Waals surface area contributed by atoms with Gasteiger partial charge in [-0.15, -0.1) is 0 Å². The number of unbranched alkanes of at least 4 members (excludes halogenated alkanes) is 4. The number of hydrogen-bond donors (Lipinski definition) is 2. The Kier molecular flexibility index (Phi) is 9.26. The van der Waals surface area contributed by atoms with Crippen molar-refractivity contribution in [2.45, 2.75) is 45.4 Å². The molecule has 200 valence electrons. The van der Waals surface area contributed by atoms with E-state index in [0.29, 0.717) is 27.2 Å². The molecule has 2 N–H and O–H groups in total. The summed E-state index contributed by atoms with van der Waals surface area (Å²) in [6.45, 7) is 2.16. The lowest BCUT2D eigenvalue weighted by molar-refractivity contribution is -0.121. The molecule has 0 aliphatic carbocycles. The van der Waals surface area contributed by atoms with Crippen molar-refractivity contribution >= 4 is 75.4 Å². The van der Waals surface area contributed by atoms with Crippen LogP contribution in [0.1, 0.15) is 45.4 Å². The molecule has 4 rings (SSSR count). The average molecular weight is 596 g/mol. The molecule has 1 aliphatic heterocycles. The largest absolute Gasteiger partial charge is 0.339 e. The number of hydrogen-bond acceptors (Lipinski definition) is 4. The number of nitrogens with one attached hydrogen (secondary N) is 2. The van der Waals surface area contributed by atoms with Crippen LogP contribution >= 0.6 is 46.4 Å². The zero-order valence-electron chi connectivity index (χ0n) is 20.6. The lowest BCUT2D eigenvalue weighted by Gasteiger charge is -2.17. The Morgan fingerprint density at radius 1 is 0.974 bits per heavy atom. The molecule has 2 aromatic carbocycles. The fourth-order valence-electron chi connectivity index (χ4n) is 4.29. The maximum absolute atomic E-state index is 13.0. The highest BCUT2D eigenvalue weighted by molar-refractivity contribution is 6.40. The number of amides is 2. The summed E-state index contributed by atoms with van der Waals surface area (Å²) in [5.41, 5.74) is 0.589. The second kappa shape index (κ2) is 12.4. The quantitative estimate of drug-likeness (QED) is 0.141. The number of imide groups is 1. The van der Waals surface area contributed by atoms with Crippen LogP contribution in [0.5, 0.6) is 0 Å². The number of H-pyrrole nitrogens is 1. The summed E-state index contributed by atoms with van der Waals surface area (Å²) >= 11 is 24.9. The molecule has 2 heterocycles. The first kappa shape index (κ1) is 28.3. The van der Waals surface area contributed by atoms with Crippen LogP contribution < -0.4 is 15.8 Å². The number of halogens is 4. The van der Waals surface area contributed by atoms with Crippen molar-refractivity contribution in [3.8, 4) is 5.69 Å². The molecule has 7 nitrogen and oxygen atoms in total. The first-order chi connectivity index (χ1) is 18.2. The molecular formula is C27H26Cl4N4O3. The van der Waals surface area contributed by atoms with E-state index in [1.54, 1.807) is 18.2 Å². The van der Waals surface area contributed by atoms with Gasteiger partial charge in [0.15, 0.2) is 0 Å². The number of allylic oxidation sites excluding steroid dienone is 1. The second-order valence-corrected chi connectivity index (χ2v) is 10.7. The van der Waals surface area contributed by atoms with Gasteiger partial charge in [-0.3, -0.25) is 19.5 Å². The molecule has 0 spiro atoms. The first-order valence-electron chi connectivity index (χ1n) is 12.3. The van der Waals surface area contributed by atoms with Crippen LogP contribution in [0.4, 0.5) is 17.2 Å². The number of rotatable bonds is 10. The number of aromatic nitrogens is 2. The van der Waals surface area contributed by atoms with E-state index in [4.69, 9.17) is 46.4 Å².